The van der Waals surface area contributed by atoms with Gasteiger partial charge in [0.15, 0.2) is 0 Å². The van der Waals surface area contributed by atoms with Crippen molar-refractivity contribution in [3.8, 4) is 0 Å². The lowest BCUT2D eigenvalue weighted by Gasteiger charge is -2.35. The van der Waals surface area contributed by atoms with Crippen molar-refractivity contribution in [3.63, 3.8) is 0 Å². The van der Waals surface area contributed by atoms with Gasteiger partial charge in [-0.3, -0.25) is 9.59 Å². The van der Waals surface area contributed by atoms with Crippen molar-refractivity contribution >= 4 is 24.2 Å². The van der Waals surface area contributed by atoms with Gasteiger partial charge in [0.05, 0.1) is 5.41 Å². The Morgan fingerprint density at radius 3 is 2.26 bits per heavy atom. The summed E-state index contributed by atoms with van der Waals surface area (Å²) in [5.74, 6) is 0.274. The van der Waals surface area contributed by atoms with Crippen LogP contribution < -0.4 is 11.1 Å². The van der Waals surface area contributed by atoms with Gasteiger partial charge < -0.3 is 16.0 Å². The predicted molar refractivity (Wildman–Crippen MR) is 112 cm³/mol. The number of carbonyl (C=O) groups excluding carboxylic acids is 2. The minimum Gasteiger partial charge on any atom is -0.353 e. The van der Waals surface area contributed by atoms with Crippen molar-refractivity contribution < 1.29 is 9.59 Å². The molecule has 0 saturated carbocycles. The Kier molecular flexibility index (Phi) is 9.81. The summed E-state index contributed by atoms with van der Waals surface area (Å²) in [5.41, 5.74) is 6.60. The maximum atomic E-state index is 12.6. The highest BCUT2D eigenvalue weighted by Gasteiger charge is 2.35. The van der Waals surface area contributed by atoms with Gasteiger partial charge in [-0.2, -0.15) is 0 Å². The van der Waals surface area contributed by atoms with E-state index in [9.17, 15) is 9.59 Å². The van der Waals surface area contributed by atoms with Crippen LogP contribution in [0.2, 0.25) is 0 Å². The number of aryl methyl sites for hydroxylation is 1. The summed E-state index contributed by atoms with van der Waals surface area (Å²) in [6.45, 7) is 5.84. The average molecular weight is 396 g/mol. The fourth-order valence-corrected chi connectivity index (χ4v) is 3.62. The summed E-state index contributed by atoms with van der Waals surface area (Å²) in [6.07, 6.45) is 4.46. The van der Waals surface area contributed by atoms with Gasteiger partial charge in [0.2, 0.25) is 11.8 Å². The van der Waals surface area contributed by atoms with E-state index in [1.165, 1.54) is 5.56 Å². The van der Waals surface area contributed by atoms with Crippen molar-refractivity contribution in [1.82, 2.24) is 10.2 Å². The molecule has 1 heterocycles. The van der Waals surface area contributed by atoms with Crippen molar-refractivity contribution in [3.05, 3.63) is 35.9 Å². The van der Waals surface area contributed by atoms with Gasteiger partial charge in [0, 0.05) is 32.1 Å². The van der Waals surface area contributed by atoms with Crippen molar-refractivity contribution in [1.29, 1.82) is 0 Å². The number of nitrogens with zero attached hydrogens (tertiary/aromatic N) is 1. The molecule has 2 amide bonds. The number of hydrogen-bond acceptors (Lipinski definition) is 3. The highest BCUT2D eigenvalue weighted by Crippen LogP contribution is 2.26. The number of benzene rings is 1. The highest BCUT2D eigenvalue weighted by atomic mass is 35.5. The van der Waals surface area contributed by atoms with Crippen molar-refractivity contribution in [2.45, 2.75) is 58.4 Å². The lowest BCUT2D eigenvalue weighted by molar-refractivity contribution is -0.133. The van der Waals surface area contributed by atoms with Gasteiger partial charge in [-0.1, -0.05) is 44.2 Å². The van der Waals surface area contributed by atoms with E-state index < -0.39 is 5.41 Å². The number of nitrogens with one attached hydrogen (secondary N) is 1. The van der Waals surface area contributed by atoms with E-state index in [2.05, 4.69) is 17.4 Å². The van der Waals surface area contributed by atoms with Crippen LogP contribution >= 0.6 is 12.4 Å². The number of hydrogen-bond donors (Lipinski definition) is 2. The van der Waals surface area contributed by atoms with Crippen LogP contribution in [0.25, 0.3) is 0 Å². The van der Waals surface area contributed by atoms with Gasteiger partial charge in [-0.25, -0.2) is 0 Å². The molecular weight excluding hydrogens is 362 g/mol. The average Bonchev–Trinajstić information content (AvgIpc) is 2.69. The number of rotatable bonds is 8. The first-order chi connectivity index (χ1) is 12.5. The summed E-state index contributed by atoms with van der Waals surface area (Å²) in [4.78, 5) is 27.0. The van der Waals surface area contributed by atoms with Crippen LogP contribution in [-0.4, -0.2) is 42.4 Å². The SMILES string of the molecule is CCC(CC)(CN)C(=O)NC1CCN(C(=O)CCc2ccccc2)CC1.Cl. The van der Waals surface area contributed by atoms with Gasteiger partial charge in [0.25, 0.3) is 0 Å². The molecule has 0 radical (unpaired) electrons. The molecule has 0 aromatic heterocycles. The van der Waals surface area contributed by atoms with Gasteiger partial charge in [-0.15, -0.1) is 12.4 Å². The molecule has 1 aliphatic heterocycles. The number of amides is 2. The van der Waals surface area contributed by atoms with Gasteiger partial charge >= 0.3 is 0 Å². The van der Waals surface area contributed by atoms with E-state index in [0.29, 0.717) is 26.1 Å². The Balaban J connectivity index is 0.00000364. The van der Waals surface area contributed by atoms with Crippen LogP contribution in [0, 0.1) is 5.41 Å². The zero-order valence-corrected chi connectivity index (χ0v) is 17.4. The largest absolute Gasteiger partial charge is 0.353 e. The highest BCUT2D eigenvalue weighted by molar-refractivity contribution is 5.85. The Morgan fingerprint density at radius 1 is 1.15 bits per heavy atom. The van der Waals surface area contributed by atoms with E-state index in [1.54, 1.807) is 0 Å². The molecule has 2 rings (SSSR count). The number of likely N-dealkylation sites (tertiary alicyclic amines) is 1. The molecule has 0 bridgehead atoms. The Bertz CT molecular complexity index is 574. The van der Waals surface area contributed by atoms with Crippen LogP contribution in [0.15, 0.2) is 30.3 Å². The van der Waals surface area contributed by atoms with Crippen LogP contribution in [0.3, 0.4) is 0 Å². The number of piperidine rings is 1. The second-order valence-corrected chi connectivity index (χ2v) is 7.31. The lowest BCUT2D eigenvalue weighted by atomic mass is 9.81. The van der Waals surface area contributed by atoms with E-state index in [4.69, 9.17) is 5.73 Å². The Hall–Kier alpha value is -1.59. The topological polar surface area (TPSA) is 75.4 Å². The minimum atomic E-state index is -0.456. The number of halogens is 1. The number of carbonyl (C=O) groups is 2. The maximum Gasteiger partial charge on any atom is 0.227 e. The molecule has 1 fully saturated rings. The first-order valence-electron chi connectivity index (χ1n) is 9.87. The van der Waals surface area contributed by atoms with E-state index in [1.807, 2.05) is 36.9 Å². The summed E-state index contributed by atoms with van der Waals surface area (Å²) in [6, 6.07) is 10.2. The summed E-state index contributed by atoms with van der Waals surface area (Å²) < 4.78 is 0. The quantitative estimate of drug-likeness (QED) is 0.710. The monoisotopic (exact) mass is 395 g/mol. The molecule has 0 atom stereocenters. The molecular formula is C21H34ClN3O2. The van der Waals surface area contributed by atoms with Crippen LogP contribution in [-0.2, 0) is 16.0 Å². The first-order valence-corrected chi connectivity index (χ1v) is 9.87. The normalized spacial score (nSPS) is 15.1. The minimum absolute atomic E-state index is 0. The maximum absolute atomic E-state index is 12.6. The number of nitrogens with two attached hydrogens (primary N) is 1. The van der Waals surface area contributed by atoms with Crippen LogP contribution in [0.4, 0.5) is 0 Å². The predicted octanol–water partition coefficient (Wildman–Crippen LogP) is 2.91. The third kappa shape index (κ3) is 6.22. The molecule has 0 spiro atoms. The van der Waals surface area contributed by atoms with Crippen molar-refractivity contribution in [2.24, 2.45) is 11.1 Å². The molecule has 152 valence electrons. The molecule has 1 aromatic rings. The third-order valence-corrected chi connectivity index (χ3v) is 5.88. The summed E-state index contributed by atoms with van der Waals surface area (Å²) in [7, 11) is 0. The molecule has 3 N–H and O–H groups in total. The molecule has 27 heavy (non-hydrogen) atoms. The third-order valence-electron chi connectivity index (χ3n) is 5.88. The van der Waals surface area contributed by atoms with E-state index in [0.717, 1.165) is 32.1 Å². The zero-order chi connectivity index (χ0) is 19.0. The first kappa shape index (κ1) is 23.4. The van der Waals surface area contributed by atoms with Crippen LogP contribution in [0.5, 0.6) is 0 Å². The fourth-order valence-electron chi connectivity index (χ4n) is 3.62. The fraction of sp³-hybridized carbons (Fsp3) is 0.619. The molecule has 1 saturated heterocycles. The molecule has 0 unspecified atom stereocenters. The van der Waals surface area contributed by atoms with Gasteiger partial charge in [0.1, 0.15) is 0 Å². The Morgan fingerprint density at radius 2 is 1.74 bits per heavy atom. The van der Waals surface area contributed by atoms with E-state index in [-0.39, 0.29) is 30.3 Å². The smallest absolute Gasteiger partial charge is 0.227 e. The van der Waals surface area contributed by atoms with Crippen LogP contribution in [0.1, 0.15) is 51.5 Å². The Labute approximate surface area is 169 Å². The molecule has 1 aromatic carbocycles. The molecule has 0 aliphatic carbocycles. The van der Waals surface area contributed by atoms with Gasteiger partial charge in [-0.05, 0) is 37.7 Å². The molecule has 6 heteroatoms. The summed E-state index contributed by atoms with van der Waals surface area (Å²) >= 11 is 0. The molecule has 5 nitrogen and oxygen atoms in total. The lowest BCUT2D eigenvalue weighted by Crippen LogP contribution is -2.52. The summed E-state index contributed by atoms with van der Waals surface area (Å²) in [5, 5.41) is 3.17. The van der Waals surface area contributed by atoms with Crippen molar-refractivity contribution in [2.75, 3.05) is 19.6 Å². The molecule has 1 aliphatic rings. The second kappa shape index (κ2) is 11.3. The van der Waals surface area contributed by atoms with E-state index >= 15 is 0 Å². The second-order valence-electron chi connectivity index (χ2n) is 7.31. The standard InChI is InChI=1S/C21H33N3O2.ClH/c1-3-21(4-2,16-22)20(26)23-18-12-14-24(15-13-18)19(25)11-10-17-8-6-5-7-9-17;/h5-9,18H,3-4,10-16,22H2,1-2H3,(H,23,26);1H. The zero-order valence-electron chi connectivity index (χ0n) is 16.6.